The maximum absolute atomic E-state index is 13.0. The molecule has 0 spiro atoms. The molecule has 7 rings (SSSR count). The minimum atomic E-state index is -3.63. The third kappa shape index (κ3) is 4.12. The molecule has 5 aliphatic rings. The van der Waals surface area contributed by atoms with Gasteiger partial charge < -0.3 is 9.88 Å². The average Bonchev–Trinajstić information content (AvgIpc) is 3.17. The average molecular weight is 497 g/mol. The molecule has 1 saturated heterocycles. The summed E-state index contributed by atoms with van der Waals surface area (Å²) in [6.07, 6.45) is 10.9. The van der Waals surface area contributed by atoms with Gasteiger partial charge in [-0.25, -0.2) is 13.4 Å². The first-order valence-electron chi connectivity index (χ1n) is 13.1. The largest absolute Gasteiger partial charge is 0.337 e. The number of aryl methyl sites for hydroxylation is 2. The Bertz CT molecular complexity index is 1170. The summed E-state index contributed by atoms with van der Waals surface area (Å²) in [5.41, 5.74) is 2.65. The fourth-order valence-corrected chi connectivity index (χ4v) is 9.25. The van der Waals surface area contributed by atoms with E-state index >= 15 is 0 Å². The SMILES string of the molecule is Cc1nc(S(=O)(=O)N2CCC(C(=O)Nc3ccc(C45CC6CC(CC(C6)C4)C5)cc3)CC2)cn1C. The van der Waals surface area contributed by atoms with Crippen LogP contribution in [0.5, 0.6) is 0 Å². The van der Waals surface area contributed by atoms with E-state index in [9.17, 15) is 13.2 Å². The van der Waals surface area contributed by atoms with Crippen LogP contribution in [0.1, 0.15) is 62.8 Å². The molecule has 35 heavy (non-hydrogen) atoms. The number of amides is 1. The molecule has 8 heteroatoms. The Labute approximate surface area is 208 Å². The zero-order valence-electron chi connectivity index (χ0n) is 20.7. The van der Waals surface area contributed by atoms with Gasteiger partial charge in [0.05, 0.1) is 0 Å². The van der Waals surface area contributed by atoms with Gasteiger partial charge in [0.25, 0.3) is 10.0 Å². The Morgan fingerprint density at radius 2 is 1.57 bits per heavy atom. The van der Waals surface area contributed by atoms with Crippen LogP contribution in [-0.2, 0) is 27.3 Å². The van der Waals surface area contributed by atoms with Crippen LogP contribution >= 0.6 is 0 Å². The molecule has 0 atom stereocenters. The van der Waals surface area contributed by atoms with Crippen LogP contribution in [0.15, 0.2) is 35.5 Å². The van der Waals surface area contributed by atoms with Crippen LogP contribution in [0.25, 0.3) is 0 Å². The summed E-state index contributed by atoms with van der Waals surface area (Å²) in [6.45, 7) is 2.45. The number of rotatable bonds is 5. The highest BCUT2D eigenvalue weighted by Crippen LogP contribution is 2.60. The van der Waals surface area contributed by atoms with E-state index in [0.29, 0.717) is 37.2 Å². The zero-order chi connectivity index (χ0) is 24.4. The Hall–Kier alpha value is -2.19. The second-order valence-electron chi connectivity index (χ2n) is 11.7. The topological polar surface area (TPSA) is 84.3 Å². The number of anilines is 1. The van der Waals surface area contributed by atoms with Gasteiger partial charge in [0, 0.05) is 37.9 Å². The fourth-order valence-electron chi connectivity index (χ4n) is 7.76. The summed E-state index contributed by atoms with van der Waals surface area (Å²) in [5.74, 6) is 3.20. The van der Waals surface area contributed by atoms with E-state index in [2.05, 4.69) is 34.6 Å². The lowest BCUT2D eigenvalue weighted by atomic mass is 9.48. The Morgan fingerprint density at radius 1 is 1.00 bits per heavy atom. The summed E-state index contributed by atoms with van der Waals surface area (Å²) in [7, 11) is -1.84. The molecule has 1 N–H and O–H groups in total. The van der Waals surface area contributed by atoms with Crippen LogP contribution in [0.4, 0.5) is 5.69 Å². The van der Waals surface area contributed by atoms with Crippen molar-refractivity contribution in [2.75, 3.05) is 18.4 Å². The van der Waals surface area contributed by atoms with E-state index in [1.807, 2.05) is 0 Å². The van der Waals surface area contributed by atoms with Crippen molar-refractivity contribution in [3.05, 3.63) is 41.9 Å². The minimum Gasteiger partial charge on any atom is -0.337 e. The molecule has 1 aromatic carbocycles. The number of sulfonamides is 1. The molecular formula is C27H36N4O3S. The van der Waals surface area contributed by atoms with Crippen LogP contribution in [0.3, 0.4) is 0 Å². The van der Waals surface area contributed by atoms with E-state index in [1.165, 1.54) is 48.4 Å². The molecule has 1 aliphatic heterocycles. The van der Waals surface area contributed by atoms with Gasteiger partial charge in [-0.15, -0.1) is 0 Å². The zero-order valence-corrected chi connectivity index (χ0v) is 21.6. The number of hydrogen-bond acceptors (Lipinski definition) is 4. The standard InChI is InChI=1S/C27H36N4O3S/c1-18-28-25(17-30(18)2)35(33,34)31-9-7-22(8-10-31)26(32)29-24-5-3-23(4-6-24)27-14-19-11-20(15-27)13-21(12-19)16-27/h3-6,17,19-22H,7-16H2,1-2H3,(H,29,32). The predicted octanol–water partition coefficient (Wildman–Crippen LogP) is 4.24. The van der Waals surface area contributed by atoms with Gasteiger partial charge in [0.15, 0.2) is 5.03 Å². The fraction of sp³-hybridized carbons (Fsp3) is 0.630. The number of aromatic nitrogens is 2. The summed E-state index contributed by atoms with van der Waals surface area (Å²) in [6, 6.07) is 8.61. The molecule has 7 nitrogen and oxygen atoms in total. The Morgan fingerprint density at radius 3 is 2.09 bits per heavy atom. The minimum absolute atomic E-state index is 0.0155. The van der Waals surface area contributed by atoms with Gasteiger partial charge >= 0.3 is 0 Å². The van der Waals surface area contributed by atoms with Crippen molar-refractivity contribution in [1.82, 2.24) is 13.9 Å². The Balaban J connectivity index is 1.07. The molecule has 2 aromatic rings. The molecule has 188 valence electrons. The van der Waals surface area contributed by atoms with Crippen molar-refractivity contribution in [3.63, 3.8) is 0 Å². The number of nitrogens with zero attached hydrogens (tertiary/aromatic N) is 3. The molecule has 5 fully saturated rings. The van der Waals surface area contributed by atoms with Gasteiger partial charge in [0.2, 0.25) is 5.91 Å². The van der Waals surface area contributed by atoms with Crippen molar-refractivity contribution in [2.24, 2.45) is 30.7 Å². The van der Waals surface area contributed by atoms with E-state index < -0.39 is 10.0 Å². The molecule has 0 unspecified atom stereocenters. The first kappa shape index (κ1) is 23.2. The van der Waals surface area contributed by atoms with Crippen LogP contribution in [0, 0.1) is 30.6 Å². The molecule has 1 aromatic heterocycles. The van der Waals surface area contributed by atoms with Crippen LogP contribution in [-0.4, -0.2) is 41.3 Å². The first-order valence-corrected chi connectivity index (χ1v) is 14.6. The van der Waals surface area contributed by atoms with Crippen molar-refractivity contribution < 1.29 is 13.2 Å². The highest BCUT2D eigenvalue weighted by Gasteiger charge is 2.51. The number of carbonyl (C=O) groups excluding carboxylic acids is 1. The number of benzene rings is 1. The maximum atomic E-state index is 13.0. The summed E-state index contributed by atoms with van der Waals surface area (Å²) >= 11 is 0. The molecule has 4 bridgehead atoms. The molecule has 4 saturated carbocycles. The number of imidazole rings is 1. The Kier molecular flexibility index (Phi) is 5.60. The van der Waals surface area contributed by atoms with Gasteiger partial charge in [0.1, 0.15) is 5.82 Å². The third-order valence-electron chi connectivity index (χ3n) is 9.32. The van der Waals surface area contributed by atoms with E-state index in [-0.39, 0.29) is 16.9 Å². The van der Waals surface area contributed by atoms with Crippen LogP contribution < -0.4 is 5.32 Å². The smallest absolute Gasteiger partial charge is 0.262 e. The lowest BCUT2D eigenvalue weighted by Gasteiger charge is -2.57. The van der Waals surface area contributed by atoms with E-state index in [0.717, 1.165) is 23.4 Å². The van der Waals surface area contributed by atoms with Gasteiger partial charge in [-0.3, -0.25) is 4.79 Å². The summed E-state index contributed by atoms with van der Waals surface area (Å²) in [5, 5.41) is 3.17. The maximum Gasteiger partial charge on any atom is 0.262 e. The van der Waals surface area contributed by atoms with Crippen molar-refractivity contribution in [2.45, 2.75) is 68.7 Å². The second kappa shape index (κ2) is 8.44. The van der Waals surface area contributed by atoms with Gasteiger partial charge in [-0.1, -0.05) is 12.1 Å². The second-order valence-corrected chi connectivity index (χ2v) is 13.6. The molecule has 0 radical (unpaired) electrons. The predicted molar refractivity (Wildman–Crippen MR) is 134 cm³/mol. The molecular weight excluding hydrogens is 460 g/mol. The van der Waals surface area contributed by atoms with E-state index in [1.54, 1.807) is 24.7 Å². The summed E-state index contributed by atoms with van der Waals surface area (Å²) < 4.78 is 29.0. The number of carbonyl (C=O) groups is 1. The number of nitrogens with one attached hydrogen (secondary N) is 1. The van der Waals surface area contributed by atoms with Gasteiger partial charge in [-0.05, 0) is 99.2 Å². The third-order valence-corrected chi connectivity index (χ3v) is 11.1. The van der Waals surface area contributed by atoms with Crippen molar-refractivity contribution >= 4 is 21.6 Å². The lowest BCUT2D eigenvalue weighted by molar-refractivity contribution is -0.120. The lowest BCUT2D eigenvalue weighted by Crippen LogP contribution is -2.48. The van der Waals surface area contributed by atoms with Crippen molar-refractivity contribution in [3.8, 4) is 0 Å². The highest BCUT2D eigenvalue weighted by atomic mass is 32.2. The number of piperidine rings is 1. The number of hydrogen-bond donors (Lipinski definition) is 1. The first-order chi connectivity index (χ1) is 16.7. The molecule has 2 heterocycles. The molecule has 1 amide bonds. The summed E-state index contributed by atoms with van der Waals surface area (Å²) in [4.78, 5) is 17.1. The highest BCUT2D eigenvalue weighted by molar-refractivity contribution is 7.89. The van der Waals surface area contributed by atoms with E-state index in [4.69, 9.17) is 0 Å². The van der Waals surface area contributed by atoms with Gasteiger partial charge in [-0.2, -0.15) is 4.31 Å². The monoisotopic (exact) mass is 496 g/mol. The quantitative estimate of drug-likeness (QED) is 0.671. The van der Waals surface area contributed by atoms with Crippen LogP contribution in [0.2, 0.25) is 0 Å². The van der Waals surface area contributed by atoms with Crippen molar-refractivity contribution in [1.29, 1.82) is 0 Å². The normalized spacial score (nSPS) is 31.1. The molecule has 4 aliphatic carbocycles.